The summed E-state index contributed by atoms with van der Waals surface area (Å²) in [5.41, 5.74) is 1.33. The summed E-state index contributed by atoms with van der Waals surface area (Å²) in [5, 5.41) is 4.02. The predicted octanol–water partition coefficient (Wildman–Crippen LogP) is 4.74. The van der Waals surface area contributed by atoms with Crippen molar-refractivity contribution in [1.29, 1.82) is 0 Å². The van der Waals surface area contributed by atoms with E-state index in [0.29, 0.717) is 22.3 Å². The van der Waals surface area contributed by atoms with Crippen molar-refractivity contribution in [3.63, 3.8) is 0 Å². The number of para-hydroxylation sites is 1. The molecule has 0 bridgehead atoms. The van der Waals surface area contributed by atoms with Crippen LogP contribution in [-0.2, 0) is 6.54 Å². The third kappa shape index (κ3) is 3.11. The quantitative estimate of drug-likeness (QED) is 0.849. The van der Waals surface area contributed by atoms with Gasteiger partial charge in [-0.25, -0.2) is 4.39 Å². The van der Waals surface area contributed by atoms with Crippen molar-refractivity contribution >= 4 is 28.9 Å². The molecule has 0 heterocycles. The van der Waals surface area contributed by atoms with Crippen LogP contribution in [0, 0.1) is 5.82 Å². The largest absolute Gasteiger partial charge is 0.377 e. The highest BCUT2D eigenvalue weighted by atomic mass is 35.5. The molecule has 0 atom stereocenters. The Labute approximate surface area is 109 Å². The summed E-state index contributed by atoms with van der Waals surface area (Å²) < 4.78 is 13.4. The van der Waals surface area contributed by atoms with Crippen LogP contribution in [0.15, 0.2) is 42.5 Å². The molecule has 0 amide bonds. The average Bonchev–Trinajstić information content (AvgIpc) is 2.31. The fraction of sp³-hybridized carbons (Fsp3) is 0.0769. The molecule has 2 aromatic rings. The molecular formula is C13H10Cl2FN. The maximum absolute atomic E-state index is 13.4. The van der Waals surface area contributed by atoms with Crippen LogP contribution in [-0.4, -0.2) is 0 Å². The highest BCUT2D eigenvalue weighted by Gasteiger charge is 2.05. The van der Waals surface area contributed by atoms with Gasteiger partial charge < -0.3 is 5.32 Å². The summed E-state index contributed by atoms with van der Waals surface area (Å²) >= 11 is 11.7. The van der Waals surface area contributed by atoms with E-state index in [4.69, 9.17) is 23.2 Å². The molecule has 0 spiro atoms. The molecule has 0 saturated carbocycles. The summed E-state index contributed by atoms with van der Waals surface area (Å²) in [7, 11) is 0. The maximum Gasteiger partial charge on any atom is 0.147 e. The Morgan fingerprint density at radius 2 is 1.71 bits per heavy atom. The van der Waals surface area contributed by atoms with Crippen LogP contribution in [0.4, 0.5) is 10.1 Å². The normalized spacial score (nSPS) is 10.3. The topological polar surface area (TPSA) is 12.0 Å². The van der Waals surface area contributed by atoms with E-state index in [-0.39, 0.29) is 5.82 Å². The second-order valence-corrected chi connectivity index (χ2v) is 4.42. The molecule has 1 N–H and O–H groups in total. The summed E-state index contributed by atoms with van der Waals surface area (Å²) in [6.07, 6.45) is 0. The van der Waals surface area contributed by atoms with Gasteiger partial charge in [0, 0.05) is 11.6 Å². The summed E-state index contributed by atoms with van der Waals surface area (Å²) in [6, 6.07) is 11.9. The van der Waals surface area contributed by atoms with Crippen LogP contribution >= 0.6 is 23.2 Å². The number of benzene rings is 2. The highest BCUT2D eigenvalue weighted by molar-refractivity contribution is 6.33. The first-order valence-electron chi connectivity index (χ1n) is 5.09. The van der Waals surface area contributed by atoms with Gasteiger partial charge in [-0.3, -0.25) is 0 Å². The lowest BCUT2D eigenvalue weighted by molar-refractivity contribution is 0.630. The SMILES string of the molecule is Fc1cccc(Cl)c1NCc1ccc(Cl)cc1. The third-order valence-electron chi connectivity index (χ3n) is 2.35. The lowest BCUT2D eigenvalue weighted by Gasteiger charge is -2.09. The Morgan fingerprint density at radius 1 is 1.00 bits per heavy atom. The summed E-state index contributed by atoms with van der Waals surface area (Å²) in [6.45, 7) is 0.498. The third-order valence-corrected chi connectivity index (χ3v) is 2.91. The van der Waals surface area contributed by atoms with E-state index in [1.807, 2.05) is 12.1 Å². The van der Waals surface area contributed by atoms with Crippen LogP contribution in [0.3, 0.4) is 0 Å². The van der Waals surface area contributed by atoms with Gasteiger partial charge in [-0.1, -0.05) is 41.4 Å². The van der Waals surface area contributed by atoms with Crippen LogP contribution in [0.1, 0.15) is 5.56 Å². The first kappa shape index (κ1) is 12.2. The number of hydrogen-bond acceptors (Lipinski definition) is 1. The summed E-state index contributed by atoms with van der Waals surface area (Å²) in [4.78, 5) is 0. The minimum atomic E-state index is -0.355. The van der Waals surface area contributed by atoms with Crippen LogP contribution in [0.25, 0.3) is 0 Å². The number of anilines is 1. The molecular weight excluding hydrogens is 260 g/mol. The Hall–Kier alpha value is -1.25. The second kappa shape index (κ2) is 5.39. The number of hydrogen-bond donors (Lipinski definition) is 1. The Bertz CT molecular complexity index is 491. The van der Waals surface area contributed by atoms with Crippen molar-refractivity contribution in [2.24, 2.45) is 0 Å². The van der Waals surface area contributed by atoms with Crippen molar-refractivity contribution < 1.29 is 4.39 Å². The molecule has 0 fully saturated rings. The van der Waals surface area contributed by atoms with Gasteiger partial charge in [0.15, 0.2) is 0 Å². The molecule has 0 aliphatic rings. The Kier molecular flexibility index (Phi) is 3.87. The van der Waals surface area contributed by atoms with E-state index in [2.05, 4.69) is 5.32 Å². The van der Waals surface area contributed by atoms with Crippen LogP contribution in [0.5, 0.6) is 0 Å². The lowest BCUT2D eigenvalue weighted by atomic mass is 10.2. The molecule has 4 heteroatoms. The molecule has 0 aliphatic carbocycles. The van der Waals surface area contributed by atoms with Crippen molar-refractivity contribution in [3.05, 3.63) is 63.9 Å². The first-order chi connectivity index (χ1) is 8.16. The molecule has 17 heavy (non-hydrogen) atoms. The summed E-state index contributed by atoms with van der Waals surface area (Å²) in [5.74, 6) is -0.355. The van der Waals surface area contributed by atoms with Gasteiger partial charge in [-0.2, -0.15) is 0 Å². The molecule has 2 rings (SSSR count). The molecule has 2 aromatic carbocycles. The van der Waals surface area contributed by atoms with Crippen molar-refractivity contribution in [2.45, 2.75) is 6.54 Å². The zero-order valence-electron chi connectivity index (χ0n) is 8.88. The molecule has 0 saturated heterocycles. The van der Waals surface area contributed by atoms with Gasteiger partial charge in [0.2, 0.25) is 0 Å². The van der Waals surface area contributed by atoms with E-state index >= 15 is 0 Å². The number of nitrogens with one attached hydrogen (secondary N) is 1. The molecule has 88 valence electrons. The van der Waals surface area contributed by atoms with E-state index in [1.54, 1.807) is 24.3 Å². The van der Waals surface area contributed by atoms with Crippen molar-refractivity contribution in [1.82, 2.24) is 0 Å². The van der Waals surface area contributed by atoms with Gasteiger partial charge >= 0.3 is 0 Å². The van der Waals surface area contributed by atoms with Crippen molar-refractivity contribution in [3.8, 4) is 0 Å². The van der Waals surface area contributed by atoms with E-state index < -0.39 is 0 Å². The van der Waals surface area contributed by atoms with Crippen LogP contribution in [0.2, 0.25) is 10.0 Å². The molecule has 0 unspecified atom stereocenters. The van der Waals surface area contributed by atoms with Gasteiger partial charge in [0.05, 0.1) is 10.7 Å². The van der Waals surface area contributed by atoms with Gasteiger partial charge in [-0.15, -0.1) is 0 Å². The maximum atomic E-state index is 13.4. The van der Waals surface area contributed by atoms with Crippen LogP contribution < -0.4 is 5.32 Å². The fourth-order valence-corrected chi connectivity index (χ4v) is 1.82. The van der Waals surface area contributed by atoms with Crippen molar-refractivity contribution in [2.75, 3.05) is 5.32 Å². The van der Waals surface area contributed by atoms with Gasteiger partial charge in [-0.05, 0) is 29.8 Å². The zero-order valence-corrected chi connectivity index (χ0v) is 10.4. The van der Waals surface area contributed by atoms with E-state index in [1.165, 1.54) is 6.07 Å². The number of rotatable bonds is 3. The molecule has 0 radical (unpaired) electrons. The standard InChI is InChI=1S/C13H10Cl2FN/c14-10-6-4-9(5-7-10)8-17-13-11(15)2-1-3-12(13)16/h1-7,17H,8H2. The fourth-order valence-electron chi connectivity index (χ4n) is 1.46. The zero-order chi connectivity index (χ0) is 12.3. The smallest absolute Gasteiger partial charge is 0.147 e. The second-order valence-electron chi connectivity index (χ2n) is 3.58. The Morgan fingerprint density at radius 3 is 2.35 bits per heavy atom. The van der Waals surface area contributed by atoms with E-state index in [0.717, 1.165) is 5.56 Å². The molecule has 1 nitrogen and oxygen atoms in total. The average molecular weight is 270 g/mol. The minimum absolute atomic E-state index is 0.323. The molecule has 0 aliphatic heterocycles. The monoisotopic (exact) mass is 269 g/mol. The first-order valence-corrected chi connectivity index (χ1v) is 5.85. The lowest BCUT2D eigenvalue weighted by Crippen LogP contribution is -2.01. The predicted molar refractivity (Wildman–Crippen MR) is 70.2 cm³/mol. The van der Waals surface area contributed by atoms with E-state index in [9.17, 15) is 4.39 Å². The van der Waals surface area contributed by atoms with Gasteiger partial charge in [0.1, 0.15) is 5.82 Å². The van der Waals surface area contributed by atoms with Gasteiger partial charge in [0.25, 0.3) is 0 Å². The molecule has 0 aromatic heterocycles. The minimum Gasteiger partial charge on any atom is -0.377 e. The Balaban J connectivity index is 2.10. The highest BCUT2D eigenvalue weighted by Crippen LogP contribution is 2.25. The number of halogens is 3.